The number of hydrogen-bond acceptors (Lipinski definition) is 10. The van der Waals surface area contributed by atoms with Gasteiger partial charge in [-0.3, -0.25) is 9.59 Å². The van der Waals surface area contributed by atoms with Gasteiger partial charge in [-0.15, -0.1) is 0 Å². The van der Waals surface area contributed by atoms with Crippen molar-refractivity contribution in [3.8, 4) is 0 Å². The largest absolute Gasteiger partial charge is 0.439 e. The van der Waals surface area contributed by atoms with E-state index in [0.29, 0.717) is 0 Å². The molecule has 1 unspecified atom stereocenters. The smallest absolute Gasteiger partial charge is 0.304 e. The number of esters is 2. The van der Waals surface area contributed by atoms with Crippen LogP contribution < -0.4 is 0 Å². The summed E-state index contributed by atoms with van der Waals surface area (Å²) in [5, 5.41) is 30.5. The van der Waals surface area contributed by atoms with Crippen molar-refractivity contribution in [3.63, 3.8) is 0 Å². The number of hydrazine groups is 3. The molecular weight excluding hydrogens is 364 g/mol. The third kappa shape index (κ3) is 7.88. The fourth-order valence-corrected chi connectivity index (χ4v) is 1.60. The van der Waals surface area contributed by atoms with Crippen LogP contribution in [0.5, 0.6) is 0 Å². The number of carbonyl (C=O) groups excluding carboxylic acids is 2. The highest BCUT2D eigenvalue weighted by molar-refractivity contribution is 5.66. The van der Waals surface area contributed by atoms with Crippen LogP contribution in [0.3, 0.4) is 0 Å². The van der Waals surface area contributed by atoms with E-state index in [0.717, 1.165) is 13.8 Å². The van der Waals surface area contributed by atoms with Crippen molar-refractivity contribution < 1.29 is 34.2 Å². The van der Waals surface area contributed by atoms with Gasteiger partial charge in [0.05, 0.1) is 0 Å². The number of hydrogen-bond donors (Lipinski definition) is 0. The molecule has 0 spiro atoms. The van der Waals surface area contributed by atoms with Crippen LogP contribution in [0.1, 0.15) is 27.2 Å². The molecule has 0 amide bonds. The van der Waals surface area contributed by atoms with Crippen LogP contribution >= 0.6 is 0 Å². The molecule has 0 radical (unpaired) electrons. The molecule has 16 heteroatoms. The van der Waals surface area contributed by atoms with Gasteiger partial charge in [0.15, 0.2) is 15.1 Å². The highest BCUT2D eigenvalue weighted by Gasteiger charge is 2.36. The molecule has 26 heavy (non-hydrogen) atoms. The average Bonchev–Trinajstić information content (AvgIpc) is 2.50. The first-order valence-corrected chi connectivity index (χ1v) is 6.99. The summed E-state index contributed by atoms with van der Waals surface area (Å²) in [4.78, 5) is 54.9. The maximum absolute atomic E-state index is 11.1. The molecule has 0 aliphatic carbocycles. The molecule has 1 atom stereocenters. The third-order valence-electron chi connectivity index (χ3n) is 2.71. The summed E-state index contributed by atoms with van der Waals surface area (Å²) >= 11 is 0. The second kappa shape index (κ2) is 10.4. The first kappa shape index (κ1) is 22.5. The molecule has 0 aromatic heterocycles. The van der Waals surface area contributed by atoms with E-state index in [1.807, 2.05) is 0 Å². The molecule has 0 saturated carbocycles. The van der Waals surface area contributed by atoms with Gasteiger partial charge >= 0.3 is 11.9 Å². The normalized spacial score (nSPS) is 11.0. The lowest BCUT2D eigenvalue weighted by Crippen LogP contribution is -2.53. The molecular formula is C10H18N6O10. The van der Waals surface area contributed by atoms with E-state index in [1.165, 1.54) is 6.92 Å². The van der Waals surface area contributed by atoms with Crippen LogP contribution in [0.4, 0.5) is 0 Å². The Labute approximate surface area is 146 Å². The van der Waals surface area contributed by atoms with E-state index in [2.05, 4.69) is 4.74 Å². The van der Waals surface area contributed by atoms with Crippen molar-refractivity contribution >= 4 is 11.9 Å². The lowest BCUT2D eigenvalue weighted by molar-refractivity contribution is -0.744. The van der Waals surface area contributed by atoms with Gasteiger partial charge in [-0.05, 0) is 0 Å². The predicted octanol–water partition coefficient (Wildman–Crippen LogP) is -0.798. The lowest BCUT2D eigenvalue weighted by atomic mass is 10.4. The van der Waals surface area contributed by atoms with E-state index in [4.69, 9.17) is 4.74 Å². The van der Waals surface area contributed by atoms with Crippen molar-refractivity contribution in [2.24, 2.45) is 0 Å². The molecule has 0 saturated heterocycles. The Morgan fingerprint density at radius 3 is 1.81 bits per heavy atom. The highest BCUT2D eigenvalue weighted by atomic mass is 16.7. The summed E-state index contributed by atoms with van der Waals surface area (Å²) in [6.07, 6.45) is -1.50. The SMILES string of the molecule is CCC(OC(C)=O)N(CN(CN(COC(C)=O)[N+](=O)[O-])[N+](=O)[O-])[N+](=O)[O-]. The maximum atomic E-state index is 11.1. The van der Waals surface area contributed by atoms with Crippen molar-refractivity contribution in [1.82, 2.24) is 15.0 Å². The second-order valence-corrected chi connectivity index (χ2v) is 4.69. The Balaban J connectivity index is 5.33. The second-order valence-electron chi connectivity index (χ2n) is 4.69. The number of nitrogens with zero attached hydrogens (tertiary/aromatic N) is 6. The van der Waals surface area contributed by atoms with Gasteiger partial charge < -0.3 is 9.47 Å². The van der Waals surface area contributed by atoms with Gasteiger partial charge in [-0.2, -0.15) is 0 Å². The molecule has 148 valence electrons. The molecule has 0 rings (SSSR count). The van der Waals surface area contributed by atoms with Crippen LogP contribution in [0.25, 0.3) is 0 Å². The summed E-state index contributed by atoms with van der Waals surface area (Å²) in [5.74, 6) is -1.71. The first-order chi connectivity index (χ1) is 12.0. The molecule has 0 aromatic carbocycles. The van der Waals surface area contributed by atoms with Gasteiger partial charge in [0, 0.05) is 20.3 Å². The van der Waals surface area contributed by atoms with E-state index in [1.54, 1.807) is 0 Å². The number of nitro groups is 3. The Bertz CT molecular complexity index is 556. The molecule has 0 aromatic rings. The van der Waals surface area contributed by atoms with Gasteiger partial charge in [0.2, 0.25) is 26.3 Å². The molecule has 0 aliphatic rings. The summed E-state index contributed by atoms with van der Waals surface area (Å²) < 4.78 is 9.11. The Morgan fingerprint density at radius 2 is 1.46 bits per heavy atom. The fourth-order valence-electron chi connectivity index (χ4n) is 1.60. The topological polar surface area (TPSA) is 192 Å². The number of carbonyl (C=O) groups is 2. The van der Waals surface area contributed by atoms with Crippen molar-refractivity contribution in [3.05, 3.63) is 30.3 Å². The van der Waals surface area contributed by atoms with Crippen molar-refractivity contribution in [1.29, 1.82) is 0 Å². The highest BCUT2D eigenvalue weighted by Crippen LogP contribution is 2.09. The van der Waals surface area contributed by atoms with E-state index < -0.39 is 53.3 Å². The summed E-state index contributed by atoms with van der Waals surface area (Å²) in [6.45, 7) is 0.406. The van der Waals surface area contributed by atoms with Crippen LogP contribution in [0.2, 0.25) is 0 Å². The zero-order valence-electron chi connectivity index (χ0n) is 14.2. The van der Waals surface area contributed by atoms with Crippen LogP contribution in [0, 0.1) is 30.3 Å². The van der Waals surface area contributed by atoms with E-state index in [-0.39, 0.29) is 21.4 Å². The first-order valence-electron chi connectivity index (χ1n) is 6.99. The van der Waals surface area contributed by atoms with Crippen LogP contribution in [-0.4, -0.2) is 68.4 Å². The molecule has 0 bridgehead atoms. The molecule has 16 nitrogen and oxygen atoms in total. The Morgan fingerprint density at radius 1 is 0.923 bits per heavy atom. The van der Waals surface area contributed by atoms with Gasteiger partial charge in [0.25, 0.3) is 0 Å². The minimum absolute atomic E-state index is 0.0709. The van der Waals surface area contributed by atoms with E-state index >= 15 is 0 Å². The van der Waals surface area contributed by atoms with Crippen LogP contribution in [0.15, 0.2) is 0 Å². The monoisotopic (exact) mass is 382 g/mol. The van der Waals surface area contributed by atoms with Gasteiger partial charge in [-0.25, -0.2) is 30.3 Å². The Hall–Kier alpha value is -3.46. The Kier molecular flexibility index (Phi) is 9.03. The third-order valence-corrected chi connectivity index (χ3v) is 2.71. The zero-order chi connectivity index (χ0) is 20.4. The fraction of sp³-hybridized carbons (Fsp3) is 0.800. The predicted molar refractivity (Wildman–Crippen MR) is 78.7 cm³/mol. The van der Waals surface area contributed by atoms with Crippen molar-refractivity contribution in [2.75, 3.05) is 20.1 Å². The minimum atomic E-state index is -1.43. The molecule has 0 heterocycles. The average molecular weight is 382 g/mol. The van der Waals surface area contributed by atoms with Gasteiger partial charge in [0.1, 0.15) is 0 Å². The molecule has 0 fully saturated rings. The maximum Gasteiger partial charge on any atom is 0.304 e. The van der Waals surface area contributed by atoms with E-state index in [9.17, 15) is 39.9 Å². The molecule has 0 N–H and O–H groups in total. The number of ether oxygens (including phenoxy) is 2. The molecule has 0 aliphatic heterocycles. The van der Waals surface area contributed by atoms with Crippen LogP contribution in [-0.2, 0) is 19.1 Å². The quantitative estimate of drug-likeness (QED) is 0.176. The summed E-state index contributed by atoms with van der Waals surface area (Å²) in [5.41, 5.74) is 0. The minimum Gasteiger partial charge on any atom is -0.439 e. The number of rotatable bonds is 12. The summed E-state index contributed by atoms with van der Waals surface area (Å²) in [7, 11) is 0. The van der Waals surface area contributed by atoms with Gasteiger partial charge in [-0.1, -0.05) is 22.0 Å². The van der Waals surface area contributed by atoms with Crippen molar-refractivity contribution in [2.45, 2.75) is 33.4 Å². The summed E-state index contributed by atoms with van der Waals surface area (Å²) in [6, 6.07) is 0. The zero-order valence-corrected chi connectivity index (χ0v) is 14.2. The standard InChI is InChI=1S/C10H18N6O10/c1-4-10(26-9(3)18)13(16(23)24)6-11(14(19)20)5-12(15(21)22)7-25-8(2)17/h10H,4-7H2,1-3H3. The lowest BCUT2D eigenvalue weighted by Gasteiger charge is -2.25.